The zero-order valence-corrected chi connectivity index (χ0v) is 19.3. The Kier molecular flexibility index (Phi) is 6.39. The molecule has 0 aliphatic carbocycles. The quantitative estimate of drug-likeness (QED) is 0.522. The van der Waals surface area contributed by atoms with E-state index in [1.54, 1.807) is 15.9 Å². The van der Waals surface area contributed by atoms with Crippen LogP contribution in [0.5, 0.6) is 5.88 Å². The number of carboxylic acids is 1. The number of hydrogen-bond acceptors (Lipinski definition) is 7. The highest BCUT2D eigenvalue weighted by atomic mass is 16.5. The number of aryl methyl sites for hydroxylation is 2. The second-order valence-corrected chi connectivity index (χ2v) is 8.98. The Balaban J connectivity index is 1.24. The number of amides is 3. The van der Waals surface area contributed by atoms with Crippen molar-refractivity contribution in [2.45, 2.75) is 38.1 Å². The number of fused-ring (bicyclic) bond motifs is 2. The van der Waals surface area contributed by atoms with Gasteiger partial charge in [-0.1, -0.05) is 6.07 Å². The summed E-state index contributed by atoms with van der Waals surface area (Å²) in [6.45, 7) is 2.32. The molecule has 0 bridgehead atoms. The number of carbonyl (C=O) groups excluding carboxylic acids is 2. The Labute approximate surface area is 202 Å². The molecule has 0 unspecified atom stereocenters. The van der Waals surface area contributed by atoms with Gasteiger partial charge < -0.3 is 30.3 Å². The first-order valence-corrected chi connectivity index (χ1v) is 11.9. The SMILES string of the molecule is O=C(O)C[C@H](c1cnc2c(c1)NC(=O)CO2)N1CCN(CCCc2ccc3c(n2)NCCC3)C1=O. The van der Waals surface area contributed by atoms with Crippen LogP contribution in [0.15, 0.2) is 24.4 Å². The normalized spacial score (nSPS) is 17.7. The second-order valence-electron chi connectivity index (χ2n) is 8.98. The minimum absolute atomic E-state index is 0.116. The zero-order chi connectivity index (χ0) is 24.4. The molecule has 2 aromatic heterocycles. The summed E-state index contributed by atoms with van der Waals surface area (Å²) in [4.78, 5) is 48.7. The number of pyridine rings is 2. The van der Waals surface area contributed by atoms with Crippen LogP contribution in [-0.2, 0) is 22.4 Å². The predicted molar refractivity (Wildman–Crippen MR) is 126 cm³/mol. The monoisotopic (exact) mass is 480 g/mol. The summed E-state index contributed by atoms with van der Waals surface area (Å²) in [6, 6.07) is 4.92. The van der Waals surface area contributed by atoms with E-state index >= 15 is 0 Å². The van der Waals surface area contributed by atoms with Crippen LogP contribution >= 0.6 is 0 Å². The summed E-state index contributed by atoms with van der Waals surface area (Å²) in [5.41, 5.74) is 3.16. The van der Waals surface area contributed by atoms with E-state index in [0.717, 1.165) is 43.7 Å². The van der Waals surface area contributed by atoms with Gasteiger partial charge in [0.1, 0.15) is 11.5 Å². The number of carboxylic acid groups (broad SMARTS) is 1. The molecule has 3 N–H and O–H groups in total. The third-order valence-corrected chi connectivity index (χ3v) is 6.56. The average Bonchev–Trinajstić information content (AvgIpc) is 3.21. The van der Waals surface area contributed by atoms with Crippen molar-refractivity contribution in [3.8, 4) is 5.88 Å². The number of anilines is 2. The largest absolute Gasteiger partial charge is 0.481 e. The number of carbonyl (C=O) groups is 3. The van der Waals surface area contributed by atoms with Crippen LogP contribution in [0.1, 0.15) is 42.1 Å². The van der Waals surface area contributed by atoms with Gasteiger partial charge in [0.05, 0.1) is 12.5 Å². The number of aromatic nitrogens is 2. The van der Waals surface area contributed by atoms with Gasteiger partial charge in [-0.25, -0.2) is 14.8 Å². The van der Waals surface area contributed by atoms with E-state index in [1.165, 1.54) is 11.8 Å². The van der Waals surface area contributed by atoms with Crippen LogP contribution in [0, 0.1) is 0 Å². The average molecular weight is 481 g/mol. The van der Waals surface area contributed by atoms with Crippen LogP contribution in [0.2, 0.25) is 0 Å². The van der Waals surface area contributed by atoms with Crippen molar-refractivity contribution in [1.82, 2.24) is 19.8 Å². The molecule has 0 saturated carbocycles. The Hall–Kier alpha value is -3.89. The highest BCUT2D eigenvalue weighted by molar-refractivity contribution is 5.95. The van der Waals surface area contributed by atoms with Crippen molar-refractivity contribution in [3.05, 3.63) is 41.2 Å². The molecule has 3 amide bonds. The van der Waals surface area contributed by atoms with Gasteiger partial charge in [-0.2, -0.15) is 0 Å². The Morgan fingerprint density at radius 1 is 1.26 bits per heavy atom. The minimum Gasteiger partial charge on any atom is -0.481 e. The number of urea groups is 1. The minimum atomic E-state index is -1.02. The topological polar surface area (TPSA) is 137 Å². The predicted octanol–water partition coefficient (Wildman–Crippen LogP) is 2.05. The van der Waals surface area contributed by atoms with E-state index < -0.39 is 12.0 Å². The van der Waals surface area contributed by atoms with Crippen molar-refractivity contribution in [3.63, 3.8) is 0 Å². The molecule has 5 rings (SSSR count). The molecule has 0 aromatic carbocycles. The van der Waals surface area contributed by atoms with Gasteiger partial charge in [0, 0.05) is 38.1 Å². The molecule has 3 aliphatic rings. The van der Waals surface area contributed by atoms with Crippen LogP contribution in [0.3, 0.4) is 0 Å². The van der Waals surface area contributed by atoms with E-state index in [-0.39, 0.29) is 30.8 Å². The van der Waals surface area contributed by atoms with Gasteiger partial charge >= 0.3 is 12.0 Å². The van der Waals surface area contributed by atoms with E-state index in [9.17, 15) is 19.5 Å². The molecule has 11 heteroatoms. The molecule has 1 saturated heterocycles. The van der Waals surface area contributed by atoms with Gasteiger partial charge in [-0.3, -0.25) is 9.59 Å². The molecular formula is C24H28N6O5. The molecule has 1 atom stereocenters. The van der Waals surface area contributed by atoms with Gasteiger partial charge in [0.15, 0.2) is 6.61 Å². The smallest absolute Gasteiger partial charge is 0.320 e. The van der Waals surface area contributed by atoms with Crippen molar-refractivity contribution in [2.75, 3.05) is 43.4 Å². The van der Waals surface area contributed by atoms with Crippen molar-refractivity contribution < 1.29 is 24.2 Å². The number of nitrogens with zero attached hydrogens (tertiary/aromatic N) is 4. The molecule has 35 heavy (non-hydrogen) atoms. The first kappa shape index (κ1) is 22.9. The summed E-state index contributed by atoms with van der Waals surface area (Å²) in [5.74, 6) is -0.0815. The summed E-state index contributed by atoms with van der Waals surface area (Å²) in [6.07, 6.45) is 4.93. The van der Waals surface area contributed by atoms with E-state index in [0.29, 0.717) is 30.9 Å². The molecule has 0 spiro atoms. The molecule has 1 fully saturated rings. The van der Waals surface area contributed by atoms with Gasteiger partial charge in [0.2, 0.25) is 5.88 Å². The molecule has 0 radical (unpaired) electrons. The summed E-state index contributed by atoms with van der Waals surface area (Å²) in [5, 5.41) is 15.5. The lowest BCUT2D eigenvalue weighted by molar-refractivity contribution is -0.138. The van der Waals surface area contributed by atoms with E-state index in [4.69, 9.17) is 9.72 Å². The maximum Gasteiger partial charge on any atom is 0.320 e. The number of nitrogens with one attached hydrogen (secondary N) is 2. The third kappa shape index (κ3) is 4.98. The standard InChI is InChI=1S/C24H28N6O5/c31-20-14-35-23-18(28-20)11-16(13-26-23)19(12-21(32)33)30-10-9-29(24(30)34)8-2-4-17-6-5-15-3-1-7-25-22(15)27-17/h5-6,11,13,19H,1-4,7-10,12,14H2,(H,25,27)(H,28,31)(H,32,33)/t19-/m1/s1. The molecule has 3 aliphatic heterocycles. The van der Waals surface area contributed by atoms with Gasteiger partial charge in [-0.15, -0.1) is 0 Å². The molecule has 11 nitrogen and oxygen atoms in total. The summed E-state index contributed by atoms with van der Waals surface area (Å²) in [7, 11) is 0. The maximum atomic E-state index is 13.2. The number of ether oxygens (including phenoxy) is 1. The van der Waals surface area contributed by atoms with Crippen molar-refractivity contribution in [1.29, 1.82) is 0 Å². The fraction of sp³-hybridized carbons (Fsp3) is 0.458. The lowest BCUT2D eigenvalue weighted by Crippen LogP contribution is -2.36. The lowest BCUT2D eigenvalue weighted by Gasteiger charge is -2.28. The maximum absolute atomic E-state index is 13.2. The van der Waals surface area contributed by atoms with Crippen molar-refractivity contribution in [2.24, 2.45) is 0 Å². The summed E-state index contributed by atoms with van der Waals surface area (Å²) < 4.78 is 5.29. The Bertz CT molecular complexity index is 1160. The second kappa shape index (κ2) is 9.77. The Morgan fingerprint density at radius 3 is 3.00 bits per heavy atom. The van der Waals surface area contributed by atoms with Crippen LogP contribution in [0.4, 0.5) is 16.3 Å². The van der Waals surface area contributed by atoms with Gasteiger partial charge in [0.25, 0.3) is 5.91 Å². The van der Waals surface area contributed by atoms with E-state index in [1.807, 2.05) is 0 Å². The Morgan fingerprint density at radius 2 is 2.14 bits per heavy atom. The van der Waals surface area contributed by atoms with Gasteiger partial charge in [-0.05, 0) is 48.9 Å². The highest BCUT2D eigenvalue weighted by Crippen LogP contribution is 2.33. The number of rotatable bonds is 8. The molecule has 184 valence electrons. The summed E-state index contributed by atoms with van der Waals surface area (Å²) >= 11 is 0. The third-order valence-electron chi connectivity index (χ3n) is 6.56. The van der Waals surface area contributed by atoms with Crippen molar-refractivity contribution >= 4 is 29.4 Å². The lowest BCUT2D eigenvalue weighted by atomic mass is 10.0. The number of aliphatic carboxylic acids is 1. The first-order valence-electron chi connectivity index (χ1n) is 11.9. The van der Waals surface area contributed by atoms with Crippen LogP contribution < -0.4 is 15.4 Å². The first-order chi connectivity index (χ1) is 17.0. The van der Waals surface area contributed by atoms with Crippen LogP contribution in [0.25, 0.3) is 0 Å². The van der Waals surface area contributed by atoms with Crippen LogP contribution in [-0.4, -0.2) is 75.6 Å². The fourth-order valence-electron chi connectivity index (χ4n) is 4.81. The zero-order valence-electron chi connectivity index (χ0n) is 19.3. The highest BCUT2D eigenvalue weighted by Gasteiger charge is 2.36. The fourth-order valence-corrected chi connectivity index (χ4v) is 4.81. The number of hydrogen-bond donors (Lipinski definition) is 3. The molecular weight excluding hydrogens is 452 g/mol. The van der Waals surface area contributed by atoms with E-state index in [2.05, 4.69) is 27.8 Å². The molecule has 2 aromatic rings. The molecule has 5 heterocycles.